The summed E-state index contributed by atoms with van der Waals surface area (Å²) < 4.78 is 5.67. The largest absolute Gasteiger partial charge is 0.484 e. The van der Waals surface area contributed by atoms with Crippen LogP contribution in [0.15, 0.2) is 54.6 Å². The van der Waals surface area contributed by atoms with Crippen LogP contribution in [-0.2, 0) is 16.1 Å². The lowest BCUT2D eigenvalue weighted by atomic mass is 10.1. The number of ether oxygens (including phenoxy) is 1. The molecule has 0 saturated carbocycles. The van der Waals surface area contributed by atoms with Gasteiger partial charge in [0, 0.05) is 12.6 Å². The van der Waals surface area contributed by atoms with E-state index in [1.54, 1.807) is 4.90 Å². The number of carbonyl (C=O) groups excluding carboxylic acids is 2. The Morgan fingerprint density at radius 1 is 1.00 bits per heavy atom. The Bertz CT molecular complexity index is 792. The zero-order chi connectivity index (χ0) is 21.2. The minimum Gasteiger partial charge on any atom is -0.484 e. The molecule has 0 saturated heterocycles. The van der Waals surface area contributed by atoms with E-state index in [0.717, 1.165) is 17.5 Å². The molecule has 0 unspecified atom stereocenters. The van der Waals surface area contributed by atoms with Crippen LogP contribution in [0.25, 0.3) is 0 Å². The number of hydrogen-bond acceptors (Lipinski definition) is 3. The molecule has 5 nitrogen and oxygen atoms in total. The molecular formula is C24H32N2O3. The van der Waals surface area contributed by atoms with Crippen LogP contribution in [-0.4, -0.2) is 35.4 Å². The van der Waals surface area contributed by atoms with Crippen molar-refractivity contribution in [2.24, 2.45) is 0 Å². The van der Waals surface area contributed by atoms with Crippen LogP contribution in [0.2, 0.25) is 0 Å². The summed E-state index contributed by atoms with van der Waals surface area (Å²) in [5.74, 6) is 0.306. The third-order valence-corrected chi connectivity index (χ3v) is 5.09. The third kappa shape index (κ3) is 6.63. The quantitative estimate of drug-likeness (QED) is 0.658. The summed E-state index contributed by atoms with van der Waals surface area (Å²) in [5, 5.41) is 3.02. The average Bonchev–Trinajstić information content (AvgIpc) is 2.73. The maximum atomic E-state index is 13.1. The van der Waals surface area contributed by atoms with Crippen molar-refractivity contribution in [3.05, 3.63) is 65.7 Å². The van der Waals surface area contributed by atoms with E-state index in [0.29, 0.717) is 18.7 Å². The van der Waals surface area contributed by atoms with Crippen molar-refractivity contribution in [3.63, 3.8) is 0 Å². The number of carbonyl (C=O) groups is 2. The first-order chi connectivity index (χ1) is 14.0. The van der Waals surface area contributed by atoms with Crippen molar-refractivity contribution in [2.75, 3.05) is 6.61 Å². The molecule has 0 fully saturated rings. The van der Waals surface area contributed by atoms with Crippen LogP contribution < -0.4 is 10.1 Å². The summed E-state index contributed by atoms with van der Waals surface area (Å²) in [6.45, 7) is 8.20. The smallest absolute Gasteiger partial charge is 0.261 e. The van der Waals surface area contributed by atoms with Gasteiger partial charge in [-0.05, 0) is 49.9 Å². The fourth-order valence-electron chi connectivity index (χ4n) is 3.08. The number of aryl methyl sites for hydroxylation is 1. The SMILES string of the molecule is CC[C@H](C)NC(=O)[C@H](CC)N(Cc1ccccc1C)C(=O)COc1ccccc1. The van der Waals surface area contributed by atoms with E-state index < -0.39 is 6.04 Å². The monoisotopic (exact) mass is 396 g/mol. The Balaban J connectivity index is 2.22. The number of hydrogen-bond donors (Lipinski definition) is 1. The fraction of sp³-hybridized carbons (Fsp3) is 0.417. The van der Waals surface area contributed by atoms with Crippen LogP contribution in [0.3, 0.4) is 0 Å². The first-order valence-corrected chi connectivity index (χ1v) is 10.3. The van der Waals surface area contributed by atoms with Gasteiger partial charge in [-0.25, -0.2) is 0 Å². The van der Waals surface area contributed by atoms with E-state index >= 15 is 0 Å². The molecule has 0 aromatic heterocycles. The number of nitrogens with one attached hydrogen (secondary N) is 1. The molecule has 2 rings (SSSR count). The molecule has 1 N–H and O–H groups in total. The molecule has 2 aromatic carbocycles. The summed E-state index contributed by atoms with van der Waals surface area (Å²) in [6.07, 6.45) is 1.37. The molecule has 2 amide bonds. The van der Waals surface area contributed by atoms with Crippen molar-refractivity contribution in [1.29, 1.82) is 0 Å². The highest BCUT2D eigenvalue weighted by Gasteiger charge is 2.29. The van der Waals surface area contributed by atoms with Crippen molar-refractivity contribution in [2.45, 2.75) is 59.2 Å². The van der Waals surface area contributed by atoms with Gasteiger partial charge < -0.3 is 15.0 Å². The Labute approximate surface area is 174 Å². The molecule has 5 heteroatoms. The number of para-hydroxylation sites is 1. The van der Waals surface area contributed by atoms with Gasteiger partial charge in [0.25, 0.3) is 5.91 Å². The van der Waals surface area contributed by atoms with Crippen LogP contribution in [0.4, 0.5) is 0 Å². The number of nitrogens with zero attached hydrogens (tertiary/aromatic N) is 1. The second kappa shape index (κ2) is 11.2. The van der Waals surface area contributed by atoms with E-state index in [9.17, 15) is 9.59 Å². The number of benzene rings is 2. The van der Waals surface area contributed by atoms with E-state index in [2.05, 4.69) is 5.32 Å². The second-order valence-electron chi connectivity index (χ2n) is 7.29. The number of amides is 2. The molecule has 2 aromatic rings. The normalized spacial score (nSPS) is 12.7. The maximum Gasteiger partial charge on any atom is 0.261 e. The van der Waals surface area contributed by atoms with Crippen LogP contribution in [0.1, 0.15) is 44.7 Å². The van der Waals surface area contributed by atoms with Gasteiger partial charge in [-0.3, -0.25) is 9.59 Å². The minimum absolute atomic E-state index is 0.0625. The van der Waals surface area contributed by atoms with Gasteiger partial charge >= 0.3 is 0 Å². The van der Waals surface area contributed by atoms with Gasteiger partial charge in [0.05, 0.1) is 0 Å². The molecule has 0 heterocycles. The first kappa shape index (κ1) is 22.5. The second-order valence-corrected chi connectivity index (χ2v) is 7.29. The average molecular weight is 397 g/mol. The summed E-state index contributed by atoms with van der Waals surface area (Å²) in [4.78, 5) is 27.6. The molecule has 0 aliphatic carbocycles. The Morgan fingerprint density at radius 2 is 1.66 bits per heavy atom. The summed E-state index contributed by atoms with van der Waals surface area (Å²) in [6, 6.07) is 16.7. The topological polar surface area (TPSA) is 58.6 Å². The zero-order valence-corrected chi connectivity index (χ0v) is 17.9. The molecule has 0 bridgehead atoms. The summed E-state index contributed by atoms with van der Waals surface area (Å²) >= 11 is 0. The highest BCUT2D eigenvalue weighted by Crippen LogP contribution is 2.17. The van der Waals surface area contributed by atoms with E-state index in [-0.39, 0.29) is 24.5 Å². The molecule has 2 atom stereocenters. The Morgan fingerprint density at radius 3 is 2.28 bits per heavy atom. The highest BCUT2D eigenvalue weighted by molar-refractivity contribution is 5.88. The van der Waals surface area contributed by atoms with Crippen molar-refractivity contribution < 1.29 is 14.3 Å². The molecular weight excluding hydrogens is 364 g/mol. The minimum atomic E-state index is -0.546. The van der Waals surface area contributed by atoms with Gasteiger partial charge in [-0.15, -0.1) is 0 Å². The maximum absolute atomic E-state index is 13.1. The van der Waals surface area contributed by atoms with E-state index in [1.165, 1.54) is 0 Å². The Hall–Kier alpha value is -2.82. The molecule has 0 radical (unpaired) electrons. The van der Waals surface area contributed by atoms with Gasteiger partial charge in [0.2, 0.25) is 5.91 Å². The van der Waals surface area contributed by atoms with Gasteiger partial charge in [-0.1, -0.05) is 56.3 Å². The van der Waals surface area contributed by atoms with Crippen LogP contribution in [0, 0.1) is 6.92 Å². The van der Waals surface area contributed by atoms with Gasteiger partial charge in [-0.2, -0.15) is 0 Å². The predicted molar refractivity (Wildman–Crippen MR) is 116 cm³/mol. The van der Waals surface area contributed by atoms with Crippen molar-refractivity contribution >= 4 is 11.8 Å². The van der Waals surface area contributed by atoms with Crippen molar-refractivity contribution in [1.82, 2.24) is 10.2 Å². The van der Waals surface area contributed by atoms with Crippen molar-refractivity contribution in [3.8, 4) is 5.75 Å². The van der Waals surface area contributed by atoms with E-state index in [4.69, 9.17) is 4.74 Å². The molecule has 29 heavy (non-hydrogen) atoms. The summed E-state index contributed by atoms with van der Waals surface area (Å²) in [5.41, 5.74) is 2.11. The van der Waals surface area contributed by atoms with Crippen LogP contribution in [0.5, 0.6) is 5.75 Å². The Kier molecular flexibility index (Phi) is 8.71. The lowest BCUT2D eigenvalue weighted by Crippen LogP contribution is -2.51. The lowest BCUT2D eigenvalue weighted by molar-refractivity contribution is -0.143. The molecule has 0 aliphatic rings. The molecule has 0 spiro atoms. The number of rotatable bonds is 10. The van der Waals surface area contributed by atoms with Gasteiger partial charge in [0.15, 0.2) is 6.61 Å². The highest BCUT2D eigenvalue weighted by atomic mass is 16.5. The third-order valence-electron chi connectivity index (χ3n) is 5.09. The van der Waals surface area contributed by atoms with Gasteiger partial charge in [0.1, 0.15) is 11.8 Å². The molecule has 156 valence electrons. The summed E-state index contributed by atoms with van der Waals surface area (Å²) in [7, 11) is 0. The van der Waals surface area contributed by atoms with Crippen LogP contribution >= 0.6 is 0 Å². The lowest BCUT2D eigenvalue weighted by Gasteiger charge is -2.31. The fourth-order valence-corrected chi connectivity index (χ4v) is 3.08. The molecule has 0 aliphatic heterocycles. The predicted octanol–water partition coefficient (Wildman–Crippen LogP) is 4.10. The first-order valence-electron chi connectivity index (χ1n) is 10.3. The zero-order valence-electron chi connectivity index (χ0n) is 17.9. The van der Waals surface area contributed by atoms with E-state index in [1.807, 2.05) is 82.3 Å². The standard InChI is InChI=1S/C24H32N2O3/c1-5-19(4)25-24(28)22(6-2)26(16-20-13-11-10-12-18(20)3)23(27)17-29-21-14-8-7-9-15-21/h7-15,19,22H,5-6,16-17H2,1-4H3,(H,25,28)/t19-,22-/m0/s1.